The highest BCUT2D eigenvalue weighted by atomic mass is 35.5. The minimum atomic E-state index is 0.515. The van der Waals surface area contributed by atoms with Gasteiger partial charge in [0.1, 0.15) is 12.1 Å². The van der Waals surface area contributed by atoms with Gasteiger partial charge in [0.15, 0.2) is 0 Å². The normalized spacial score (nSPS) is 14.6. The third-order valence-corrected chi connectivity index (χ3v) is 3.89. The topological polar surface area (TPSA) is 30.7 Å². The molecule has 4 heteroatoms. The lowest BCUT2D eigenvalue weighted by Gasteiger charge is -2.14. The summed E-state index contributed by atoms with van der Waals surface area (Å²) < 4.78 is 2.12. The second-order valence-electron chi connectivity index (χ2n) is 4.76. The number of halogens is 1. The molecule has 0 bridgehead atoms. The number of fused-ring (bicyclic) bond motifs is 1. The van der Waals surface area contributed by atoms with E-state index in [2.05, 4.69) is 20.6 Å². The van der Waals surface area contributed by atoms with Crippen LogP contribution in [0, 0.1) is 6.92 Å². The summed E-state index contributed by atoms with van der Waals surface area (Å²) in [4.78, 5) is 9.14. The molecule has 0 N–H and O–H groups in total. The molecule has 0 atom stereocenters. The molecular formula is C14H16ClN3. The molecule has 2 aromatic rings. The molecule has 0 spiro atoms. The van der Waals surface area contributed by atoms with Crippen molar-refractivity contribution in [2.45, 2.75) is 38.5 Å². The Morgan fingerprint density at radius 1 is 1.28 bits per heavy atom. The van der Waals surface area contributed by atoms with Gasteiger partial charge >= 0.3 is 0 Å². The van der Waals surface area contributed by atoms with Crippen molar-refractivity contribution in [2.24, 2.45) is 0 Å². The summed E-state index contributed by atoms with van der Waals surface area (Å²) in [6, 6.07) is 4.08. The first kappa shape index (κ1) is 11.7. The molecule has 0 amide bonds. The fraction of sp³-hybridized carbons (Fsp3) is 0.429. The molecule has 0 saturated carbocycles. The molecule has 0 unspecified atom stereocenters. The summed E-state index contributed by atoms with van der Waals surface area (Å²) in [5.74, 6) is 1.47. The van der Waals surface area contributed by atoms with Crippen LogP contribution in [0.25, 0.3) is 5.82 Å². The van der Waals surface area contributed by atoms with Crippen molar-refractivity contribution in [2.75, 3.05) is 0 Å². The van der Waals surface area contributed by atoms with Crippen LogP contribution in [-0.2, 0) is 18.7 Å². The number of aryl methyl sites for hydroxylation is 2. The largest absolute Gasteiger partial charge is 0.287 e. The monoisotopic (exact) mass is 261 g/mol. The van der Waals surface area contributed by atoms with Gasteiger partial charge in [-0.15, -0.1) is 11.6 Å². The predicted molar refractivity (Wildman–Crippen MR) is 72.3 cm³/mol. The third-order valence-electron chi connectivity index (χ3n) is 3.60. The quantitative estimate of drug-likeness (QED) is 0.778. The molecule has 2 heterocycles. The standard InChI is InChI=1S/C14H16ClN3/c1-10-11(8-15)6-7-14(17-10)18-9-16-12-4-2-3-5-13(12)18/h6-7,9H,2-5,8H2,1H3. The second-order valence-corrected chi connectivity index (χ2v) is 5.03. The van der Waals surface area contributed by atoms with Crippen molar-refractivity contribution < 1.29 is 0 Å². The molecule has 0 saturated heterocycles. The zero-order valence-electron chi connectivity index (χ0n) is 10.5. The minimum absolute atomic E-state index is 0.515. The van der Waals surface area contributed by atoms with Crippen molar-refractivity contribution in [3.05, 3.63) is 41.1 Å². The Morgan fingerprint density at radius 3 is 2.89 bits per heavy atom. The van der Waals surface area contributed by atoms with Gasteiger partial charge in [-0.05, 0) is 44.2 Å². The highest BCUT2D eigenvalue weighted by Gasteiger charge is 2.16. The van der Waals surface area contributed by atoms with Crippen molar-refractivity contribution in [1.29, 1.82) is 0 Å². The SMILES string of the molecule is Cc1nc(-n2cnc3c2CCCC3)ccc1CCl. The zero-order valence-corrected chi connectivity index (χ0v) is 11.2. The van der Waals surface area contributed by atoms with E-state index in [0.29, 0.717) is 5.88 Å². The van der Waals surface area contributed by atoms with Crippen molar-refractivity contribution >= 4 is 11.6 Å². The molecule has 0 radical (unpaired) electrons. The van der Waals surface area contributed by atoms with Gasteiger partial charge in [0.2, 0.25) is 0 Å². The number of imidazole rings is 1. The predicted octanol–water partition coefficient (Wildman–Crippen LogP) is 3.19. The number of aromatic nitrogens is 3. The average Bonchev–Trinajstić information content (AvgIpc) is 2.82. The summed E-state index contributed by atoms with van der Waals surface area (Å²) in [6.45, 7) is 2.00. The van der Waals surface area contributed by atoms with E-state index in [4.69, 9.17) is 11.6 Å². The molecule has 0 aromatic carbocycles. The summed E-state index contributed by atoms with van der Waals surface area (Å²) in [5.41, 5.74) is 4.66. The molecule has 1 aliphatic rings. The average molecular weight is 262 g/mol. The maximum Gasteiger partial charge on any atom is 0.138 e. The molecule has 1 aliphatic carbocycles. The first-order valence-electron chi connectivity index (χ1n) is 6.37. The van der Waals surface area contributed by atoms with Crippen LogP contribution in [0.2, 0.25) is 0 Å². The van der Waals surface area contributed by atoms with E-state index < -0.39 is 0 Å². The Bertz CT molecular complexity index is 574. The van der Waals surface area contributed by atoms with Crippen LogP contribution in [0.3, 0.4) is 0 Å². The van der Waals surface area contributed by atoms with Crippen LogP contribution in [0.5, 0.6) is 0 Å². The Kier molecular flexibility index (Phi) is 3.08. The van der Waals surface area contributed by atoms with Crippen LogP contribution >= 0.6 is 11.6 Å². The molecule has 3 nitrogen and oxygen atoms in total. The lowest BCUT2D eigenvalue weighted by Crippen LogP contribution is -2.08. The lowest BCUT2D eigenvalue weighted by atomic mass is 10.0. The highest BCUT2D eigenvalue weighted by molar-refractivity contribution is 6.17. The van der Waals surface area contributed by atoms with Crippen LogP contribution < -0.4 is 0 Å². The van der Waals surface area contributed by atoms with Gasteiger partial charge in [0.25, 0.3) is 0 Å². The molecule has 0 fully saturated rings. The summed E-state index contributed by atoms with van der Waals surface area (Å²) in [5, 5.41) is 0. The van der Waals surface area contributed by atoms with Gasteiger partial charge in [-0.1, -0.05) is 6.07 Å². The zero-order chi connectivity index (χ0) is 12.5. The van der Waals surface area contributed by atoms with Crippen LogP contribution in [0.4, 0.5) is 0 Å². The summed E-state index contributed by atoms with van der Waals surface area (Å²) in [7, 11) is 0. The number of alkyl halides is 1. The van der Waals surface area contributed by atoms with Gasteiger partial charge < -0.3 is 0 Å². The van der Waals surface area contributed by atoms with Crippen molar-refractivity contribution in [3.63, 3.8) is 0 Å². The van der Waals surface area contributed by atoms with E-state index >= 15 is 0 Å². The number of rotatable bonds is 2. The highest BCUT2D eigenvalue weighted by Crippen LogP contribution is 2.23. The second kappa shape index (κ2) is 4.73. The maximum absolute atomic E-state index is 5.87. The van der Waals surface area contributed by atoms with E-state index in [9.17, 15) is 0 Å². The summed E-state index contributed by atoms with van der Waals surface area (Å²) in [6.07, 6.45) is 6.60. The van der Waals surface area contributed by atoms with Gasteiger partial charge in [0, 0.05) is 17.3 Å². The number of nitrogens with zero attached hydrogens (tertiary/aromatic N) is 3. The van der Waals surface area contributed by atoms with Gasteiger partial charge in [0.05, 0.1) is 5.69 Å². The Morgan fingerprint density at radius 2 is 2.11 bits per heavy atom. The first-order chi connectivity index (χ1) is 8.79. The summed E-state index contributed by atoms with van der Waals surface area (Å²) >= 11 is 5.87. The van der Waals surface area contributed by atoms with Gasteiger partial charge in [-0.3, -0.25) is 4.57 Å². The smallest absolute Gasteiger partial charge is 0.138 e. The van der Waals surface area contributed by atoms with E-state index in [1.54, 1.807) is 0 Å². The van der Waals surface area contributed by atoms with Crippen LogP contribution in [0.15, 0.2) is 18.5 Å². The van der Waals surface area contributed by atoms with E-state index in [-0.39, 0.29) is 0 Å². The fourth-order valence-corrected chi connectivity index (χ4v) is 2.80. The molecular weight excluding hydrogens is 246 g/mol. The molecule has 0 aliphatic heterocycles. The first-order valence-corrected chi connectivity index (χ1v) is 6.91. The van der Waals surface area contributed by atoms with E-state index in [1.807, 2.05) is 19.3 Å². The fourth-order valence-electron chi connectivity index (χ4n) is 2.52. The molecule has 2 aromatic heterocycles. The van der Waals surface area contributed by atoms with E-state index in [1.165, 1.54) is 24.2 Å². The van der Waals surface area contributed by atoms with Crippen LogP contribution in [-0.4, -0.2) is 14.5 Å². The number of pyridine rings is 1. The Labute approximate surface area is 112 Å². The molecule has 3 rings (SSSR count). The third kappa shape index (κ3) is 1.93. The van der Waals surface area contributed by atoms with Gasteiger partial charge in [-0.25, -0.2) is 9.97 Å². The Hall–Kier alpha value is -1.35. The number of hydrogen-bond acceptors (Lipinski definition) is 2. The van der Waals surface area contributed by atoms with Crippen LogP contribution in [0.1, 0.15) is 35.5 Å². The lowest BCUT2D eigenvalue weighted by molar-refractivity contribution is 0.654. The maximum atomic E-state index is 5.87. The molecule has 18 heavy (non-hydrogen) atoms. The minimum Gasteiger partial charge on any atom is -0.287 e. The Balaban J connectivity index is 2.04. The van der Waals surface area contributed by atoms with Crippen molar-refractivity contribution in [1.82, 2.24) is 14.5 Å². The number of hydrogen-bond donors (Lipinski definition) is 0. The van der Waals surface area contributed by atoms with Crippen molar-refractivity contribution in [3.8, 4) is 5.82 Å². The van der Waals surface area contributed by atoms with Gasteiger partial charge in [-0.2, -0.15) is 0 Å². The molecule has 94 valence electrons. The van der Waals surface area contributed by atoms with E-state index in [0.717, 1.165) is 29.9 Å².